The van der Waals surface area contributed by atoms with Gasteiger partial charge in [0.2, 0.25) is 0 Å². The third kappa shape index (κ3) is 3.49. The quantitative estimate of drug-likeness (QED) is 0.737. The SMILES string of the molecule is Fc1cc(Br)cnc1NCc1cccc(-c2cccnc2)c1. The highest BCUT2D eigenvalue weighted by Crippen LogP contribution is 2.21. The van der Waals surface area contributed by atoms with Gasteiger partial charge in [0.05, 0.1) is 0 Å². The number of benzene rings is 1. The van der Waals surface area contributed by atoms with Crippen molar-refractivity contribution < 1.29 is 4.39 Å². The second kappa shape index (κ2) is 6.66. The predicted molar refractivity (Wildman–Crippen MR) is 88.9 cm³/mol. The second-order valence-corrected chi connectivity index (χ2v) is 5.70. The Morgan fingerprint density at radius 1 is 1.05 bits per heavy atom. The summed E-state index contributed by atoms with van der Waals surface area (Å²) in [6.45, 7) is 0.500. The summed E-state index contributed by atoms with van der Waals surface area (Å²) in [5.74, 6) is -0.132. The van der Waals surface area contributed by atoms with Crippen LogP contribution in [0.25, 0.3) is 11.1 Å². The van der Waals surface area contributed by atoms with Crippen LogP contribution in [-0.4, -0.2) is 9.97 Å². The van der Waals surface area contributed by atoms with Crippen molar-refractivity contribution in [1.82, 2.24) is 9.97 Å². The molecule has 0 saturated heterocycles. The van der Waals surface area contributed by atoms with Gasteiger partial charge in [-0.1, -0.05) is 24.3 Å². The van der Waals surface area contributed by atoms with Crippen LogP contribution in [0.1, 0.15) is 5.56 Å². The van der Waals surface area contributed by atoms with E-state index in [1.54, 1.807) is 12.4 Å². The molecule has 0 aliphatic rings. The zero-order valence-electron chi connectivity index (χ0n) is 11.6. The molecule has 22 heavy (non-hydrogen) atoms. The molecule has 0 aliphatic heterocycles. The fourth-order valence-electron chi connectivity index (χ4n) is 2.12. The van der Waals surface area contributed by atoms with Gasteiger partial charge < -0.3 is 5.32 Å². The third-order valence-corrected chi connectivity index (χ3v) is 3.62. The molecule has 3 aromatic rings. The molecule has 5 heteroatoms. The lowest BCUT2D eigenvalue weighted by atomic mass is 10.0. The molecule has 2 aromatic heterocycles. The molecule has 0 unspecified atom stereocenters. The van der Waals surface area contributed by atoms with E-state index in [4.69, 9.17) is 0 Å². The number of hydrogen-bond acceptors (Lipinski definition) is 3. The first-order chi connectivity index (χ1) is 10.7. The van der Waals surface area contributed by atoms with Crippen molar-refractivity contribution in [3.05, 3.63) is 76.9 Å². The van der Waals surface area contributed by atoms with Crippen molar-refractivity contribution in [3.63, 3.8) is 0 Å². The molecule has 0 saturated carbocycles. The van der Waals surface area contributed by atoms with Gasteiger partial charge in [0.15, 0.2) is 11.6 Å². The van der Waals surface area contributed by atoms with Gasteiger partial charge in [-0.2, -0.15) is 0 Å². The predicted octanol–water partition coefficient (Wildman–Crippen LogP) is 4.66. The molecule has 3 nitrogen and oxygen atoms in total. The minimum atomic E-state index is -0.377. The molecule has 3 rings (SSSR count). The number of pyridine rings is 2. The van der Waals surface area contributed by atoms with E-state index < -0.39 is 0 Å². The molecule has 0 spiro atoms. The van der Waals surface area contributed by atoms with Gasteiger partial charge in [-0.05, 0) is 50.8 Å². The van der Waals surface area contributed by atoms with Gasteiger partial charge >= 0.3 is 0 Å². The van der Waals surface area contributed by atoms with Gasteiger partial charge in [-0.15, -0.1) is 0 Å². The minimum absolute atomic E-state index is 0.245. The third-order valence-electron chi connectivity index (χ3n) is 3.19. The molecule has 1 N–H and O–H groups in total. The maximum atomic E-state index is 13.7. The molecule has 1 aromatic carbocycles. The van der Waals surface area contributed by atoms with Crippen LogP contribution < -0.4 is 5.32 Å². The topological polar surface area (TPSA) is 37.8 Å². The van der Waals surface area contributed by atoms with E-state index in [9.17, 15) is 4.39 Å². The van der Waals surface area contributed by atoms with Crippen molar-refractivity contribution in [2.45, 2.75) is 6.54 Å². The van der Waals surface area contributed by atoms with Crippen molar-refractivity contribution in [1.29, 1.82) is 0 Å². The van der Waals surface area contributed by atoms with Crippen LogP contribution in [0.5, 0.6) is 0 Å². The van der Waals surface area contributed by atoms with Crippen LogP contribution in [0.15, 0.2) is 65.5 Å². The molecular weight excluding hydrogens is 345 g/mol. The Labute approximate surface area is 136 Å². The van der Waals surface area contributed by atoms with Gasteiger partial charge in [0, 0.05) is 29.6 Å². The van der Waals surface area contributed by atoms with E-state index in [-0.39, 0.29) is 11.6 Å². The Morgan fingerprint density at radius 2 is 1.91 bits per heavy atom. The second-order valence-electron chi connectivity index (χ2n) is 4.78. The highest BCUT2D eigenvalue weighted by molar-refractivity contribution is 9.10. The summed E-state index contributed by atoms with van der Waals surface area (Å²) in [4.78, 5) is 8.15. The van der Waals surface area contributed by atoms with E-state index in [0.29, 0.717) is 11.0 Å². The Morgan fingerprint density at radius 3 is 2.68 bits per heavy atom. The van der Waals surface area contributed by atoms with E-state index >= 15 is 0 Å². The van der Waals surface area contributed by atoms with E-state index in [2.05, 4.69) is 37.3 Å². The lowest BCUT2D eigenvalue weighted by Gasteiger charge is -2.08. The maximum Gasteiger partial charge on any atom is 0.166 e. The summed E-state index contributed by atoms with van der Waals surface area (Å²) < 4.78 is 14.4. The number of nitrogens with one attached hydrogen (secondary N) is 1. The highest BCUT2D eigenvalue weighted by Gasteiger charge is 2.05. The van der Waals surface area contributed by atoms with E-state index in [1.165, 1.54) is 6.07 Å². The average molecular weight is 358 g/mol. The number of nitrogens with zero attached hydrogens (tertiary/aromatic N) is 2. The smallest absolute Gasteiger partial charge is 0.166 e. The summed E-state index contributed by atoms with van der Waals surface area (Å²) in [5, 5.41) is 3.01. The van der Waals surface area contributed by atoms with Crippen LogP contribution in [0, 0.1) is 5.82 Å². The van der Waals surface area contributed by atoms with E-state index in [1.807, 2.05) is 36.5 Å². The van der Waals surface area contributed by atoms with Crippen LogP contribution >= 0.6 is 15.9 Å². The van der Waals surface area contributed by atoms with E-state index in [0.717, 1.165) is 16.7 Å². The Balaban J connectivity index is 1.76. The first-order valence-electron chi connectivity index (χ1n) is 6.76. The van der Waals surface area contributed by atoms with Crippen LogP contribution in [0.4, 0.5) is 10.2 Å². The molecule has 0 radical (unpaired) electrons. The largest absolute Gasteiger partial charge is 0.364 e. The lowest BCUT2D eigenvalue weighted by molar-refractivity contribution is 0.623. The summed E-state index contributed by atoms with van der Waals surface area (Å²) in [6, 6.07) is 13.4. The molecule has 0 fully saturated rings. The molecule has 2 heterocycles. The van der Waals surface area contributed by atoms with Gasteiger partial charge in [0.25, 0.3) is 0 Å². The van der Waals surface area contributed by atoms with Crippen LogP contribution in [0.3, 0.4) is 0 Å². The minimum Gasteiger partial charge on any atom is -0.364 e. The normalized spacial score (nSPS) is 10.5. The van der Waals surface area contributed by atoms with Crippen molar-refractivity contribution >= 4 is 21.7 Å². The Bertz CT molecular complexity index is 778. The van der Waals surface area contributed by atoms with Gasteiger partial charge in [0.1, 0.15) is 0 Å². The Hall–Kier alpha value is -2.27. The van der Waals surface area contributed by atoms with Crippen LogP contribution in [-0.2, 0) is 6.54 Å². The zero-order chi connectivity index (χ0) is 15.4. The lowest BCUT2D eigenvalue weighted by Crippen LogP contribution is -2.03. The molecule has 0 bridgehead atoms. The summed E-state index contributed by atoms with van der Waals surface area (Å²) in [5.41, 5.74) is 3.18. The Kier molecular flexibility index (Phi) is 4.44. The average Bonchev–Trinajstić information content (AvgIpc) is 2.55. The number of aromatic nitrogens is 2. The fourth-order valence-corrected chi connectivity index (χ4v) is 2.43. The molecule has 0 atom stereocenters. The first-order valence-corrected chi connectivity index (χ1v) is 7.56. The molecule has 0 amide bonds. The van der Waals surface area contributed by atoms with Gasteiger partial charge in [-0.3, -0.25) is 4.98 Å². The number of rotatable bonds is 4. The molecular formula is C17H13BrFN3. The summed E-state index contributed by atoms with van der Waals surface area (Å²) >= 11 is 3.19. The monoisotopic (exact) mass is 357 g/mol. The number of hydrogen-bond donors (Lipinski definition) is 1. The van der Waals surface area contributed by atoms with Crippen molar-refractivity contribution in [2.24, 2.45) is 0 Å². The van der Waals surface area contributed by atoms with Gasteiger partial charge in [-0.25, -0.2) is 9.37 Å². The molecule has 0 aliphatic carbocycles. The standard InChI is InChI=1S/C17H13BrFN3/c18-15-8-16(19)17(22-11-15)21-9-12-3-1-4-13(7-12)14-5-2-6-20-10-14/h1-8,10-11H,9H2,(H,21,22). The summed E-state index contributed by atoms with van der Waals surface area (Å²) in [7, 11) is 0. The summed E-state index contributed by atoms with van der Waals surface area (Å²) in [6.07, 6.45) is 5.14. The highest BCUT2D eigenvalue weighted by atomic mass is 79.9. The number of anilines is 1. The maximum absolute atomic E-state index is 13.7. The van der Waals surface area contributed by atoms with Crippen molar-refractivity contribution in [3.8, 4) is 11.1 Å². The number of halogens is 2. The van der Waals surface area contributed by atoms with Crippen molar-refractivity contribution in [2.75, 3.05) is 5.32 Å². The fraction of sp³-hybridized carbons (Fsp3) is 0.0588. The first kappa shape index (κ1) is 14.7. The molecule has 110 valence electrons. The van der Waals surface area contributed by atoms with Crippen LogP contribution in [0.2, 0.25) is 0 Å². The zero-order valence-corrected chi connectivity index (χ0v) is 13.2.